The molecule has 1 fully saturated rings. The van der Waals surface area contributed by atoms with E-state index in [1.807, 2.05) is 0 Å². The van der Waals surface area contributed by atoms with Crippen molar-refractivity contribution in [3.8, 4) is 0 Å². The van der Waals surface area contributed by atoms with Crippen molar-refractivity contribution in [1.82, 2.24) is 10.0 Å². The Labute approximate surface area is 80.9 Å². The van der Waals surface area contributed by atoms with Gasteiger partial charge < -0.3 is 5.11 Å². The van der Waals surface area contributed by atoms with Gasteiger partial charge >= 0.3 is 0 Å². The van der Waals surface area contributed by atoms with Crippen LogP contribution in [-0.4, -0.2) is 40.3 Å². The highest BCUT2D eigenvalue weighted by Crippen LogP contribution is 2.09. The zero-order chi connectivity index (χ0) is 9.97. The van der Waals surface area contributed by atoms with Gasteiger partial charge in [0.05, 0.1) is 6.54 Å². The molecule has 1 N–H and O–H groups in total. The van der Waals surface area contributed by atoms with Gasteiger partial charge in [-0.1, -0.05) is 6.07 Å². The van der Waals surface area contributed by atoms with E-state index in [9.17, 15) is 4.79 Å². The van der Waals surface area contributed by atoms with Gasteiger partial charge in [0.2, 0.25) is 0 Å². The molecule has 5 nitrogen and oxygen atoms in total. The van der Waals surface area contributed by atoms with E-state index in [-0.39, 0.29) is 19.1 Å². The summed E-state index contributed by atoms with van der Waals surface area (Å²) in [6, 6.07) is 5.07. The van der Waals surface area contributed by atoms with E-state index in [1.54, 1.807) is 24.4 Å². The average molecular weight is 194 g/mol. The van der Waals surface area contributed by atoms with Gasteiger partial charge in [0.1, 0.15) is 18.4 Å². The van der Waals surface area contributed by atoms with Gasteiger partial charge in [-0.2, -0.15) is 0 Å². The van der Waals surface area contributed by atoms with Crippen LogP contribution in [0.4, 0.5) is 0 Å². The van der Waals surface area contributed by atoms with Crippen molar-refractivity contribution in [2.45, 2.75) is 6.10 Å². The highest BCUT2D eigenvalue weighted by atomic mass is 16.7. The third-order valence-corrected chi connectivity index (χ3v) is 1.91. The van der Waals surface area contributed by atoms with E-state index >= 15 is 0 Å². The van der Waals surface area contributed by atoms with Gasteiger partial charge in [0.15, 0.2) is 0 Å². The third kappa shape index (κ3) is 1.73. The van der Waals surface area contributed by atoms with Crippen molar-refractivity contribution < 1.29 is 14.7 Å². The average Bonchev–Trinajstić information content (AvgIpc) is 2.65. The lowest BCUT2D eigenvalue weighted by Gasteiger charge is -2.12. The normalized spacial score (nSPS) is 21.2. The number of amides is 1. The molecule has 0 aliphatic carbocycles. The van der Waals surface area contributed by atoms with Crippen LogP contribution in [0.25, 0.3) is 0 Å². The Balaban J connectivity index is 2.10. The summed E-state index contributed by atoms with van der Waals surface area (Å²) in [5.74, 6) is -0.317. The first-order valence-electron chi connectivity index (χ1n) is 4.31. The van der Waals surface area contributed by atoms with Crippen molar-refractivity contribution in [2.75, 3.05) is 13.2 Å². The molecular weight excluding hydrogens is 184 g/mol. The standard InChI is InChI=1S/C9H10N2O3/c12-7-5-11(14-6-7)9(13)8-3-1-2-4-10-8/h1-4,7,12H,5-6H2/t7-/m0/s1. The monoisotopic (exact) mass is 194 g/mol. The molecule has 74 valence electrons. The summed E-state index contributed by atoms with van der Waals surface area (Å²) < 4.78 is 0. The second kappa shape index (κ2) is 3.73. The first-order valence-corrected chi connectivity index (χ1v) is 4.31. The molecule has 0 radical (unpaired) electrons. The fraction of sp³-hybridized carbons (Fsp3) is 0.333. The molecular formula is C9H10N2O3. The lowest BCUT2D eigenvalue weighted by Crippen LogP contribution is -2.29. The van der Waals surface area contributed by atoms with E-state index in [4.69, 9.17) is 9.94 Å². The van der Waals surface area contributed by atoms with Crippen LogP contribution >= 0.6 is 0 Å². The maximum atomic E-state index is 11.6. The zero-order valence-corrected chi connectivity index (χ0v) is 7.46. The second-order valence-corrected chi connectivity index (χ2v) is 3.03. The Morgan fingerprint density at radius 2 is 2.50 bits per heavy atom. The summed E-state index contributed by atoms with van der Waals surface area (Å²) in [6.45, 7) is 0.369. The van der Waals surface area contributed by atoms with Crippen LogP contribution in [-0.2, 0) is 4.84 Å². The van der Waals surface area contributed by atoms with E-state index in [0.29, 0.717) is 5.69 Å². The molecule has 0 spiro atoms. The van der Waals surface area contributed by atoms with Crippen LogP contribution < -0.4 is 0 Å². The Kier molecular flexibility index (Phi) is 2.43. The lowest BCUT2D eigenvalue weighted by molar-refractivity contribution is -0.0783. The molecule has 0 unspecified atom stereocenters. The molecule has 14 heavy (non-hydrogen) atoms. The van der Waals surface area contributed by atoms with Crippen LogP contribution in [0.1, 0.15) is 10.5 Å². The molecule has 1 saturated heterocycles. The van der Waals surface area contributed by atoms with Crippen LogP contribution in [0, 0.1) is 0 Å². The summed E-state index contributed by atoms with van der Waals surface area (Å²) >= 11 is 0. The van der Waals surface area contributed by atoms with Crippen LogP contribution in [0.2, 0.25) is 0 Å². The number of hydroxylamine groups is 2. The highest BCUT2D eigenvalue weighted by molar-refractivity contribution is 5.91. The minimum Gasteiger partial charge on any atom is -0.389 e. The topological polar surface area (TPSA) is 62.7 Å². The smallest absolute Gasteiger partial charge is 0.296 e. The summed E-state index contributed by atoms with van der Waals surface area (Å²) in [5.41, 5.74) is 0.321. The van der Waals surface area contributed by atoms with Crippen molar-refractivity contribution in [3.63, 3.8) is 0 Å². The van der Waals surface area contributed by atoms with Crippen LogP contribution in [0.5, 0.6) is 0 Å². The number of hydrogen-bond donors (Lipinski definition) is 1. The lowest BCUT2D eigenvalue weighted by atomic mass is 10.3. The van der Waals surface area contributed by atoms with Crippen LogP contribution in [0.3, 0.4) is 0 Å². The van der Waals surface area contributed by atoms with Gasteiger partial charge in [0, 0.05) is 6.20 Å². The third-order valence-electron chi connectivity index (χ3n) is 1.91. The molecule has 2 heterocycles. The van der Waals surface area contributed by atoms with E-state index in [2.05, 4.69) is 4.98 Å². The van der Waals surface area contributed by atoms with Gasteiger partial charge in [-0.15, -0.1) is 0 Å². The number of hydrogen-bond acceptors (Lipinski definition) is 4. The number of carbonyl (C=O) groups excluding carboxylic acids is 1. The van der Waals surface area contributed by atoms with Gasteiger partial charge in [-0.05, 0) is 12.1 Å². The molecule has 1 amide bonds. The van der Waals surface area contributed by atoms with Crippen molar-refractivity contribution in [1.29, 1.82) is 0 Å². The number of carbonyl (C=O) groups is 1. The Morgan fingerprint density at radius 1 is 1.64 bits per heavy atom. The number of β-amino-alcohol motifs (C(OH)–C–C–N with tert-alkyl or cyclic N) is 1. The first-order chi connectivity index (χ1) is 6.77. The molecule has 0 aromatic carbocycles. The highest BCUT2D eigenvalue weighted by Gasteiger charge is 2.27. The number of nitrogens with zero attached hydrogens (tertiary/aromatic N) is 2. The zero-order valence-electron chi connectivity index (χ0n) is 7.46. The predicted octanol–water partition coefficient (Wildman–Crippen LogP) is -0.170. The predicted molar refractivity (Wildman–Crippen MR) is 47.2 cm³/mol. The quantitative estimate of drug-likeness (QED) is 0.674. The minimum absolute atomic E-state index is 0.165. The summed E-state index contributed by atoms with van der Waals surface area (Å²) in [5, 5.41) is 10.3. The SMILES string of the molecule is O=C(c1ccccn1)N1C[C@H](O)CO1. The van der Waals surface area contributed by atoms with Crippen molar-refractivity contribution in [3.05, 3.63) is 30.1 Å². The molecule has 1 aromatic rings. The van der Waals surface area contributed by atoms with Gasteiger partial charge in [0.25, 0.3) is 5.91 Å². The van der Waals surface area contributed by atoms with Gasteiger partial charge in [-0.3, -0.25) is 14.6 Å². The molecule has 1 aliphatic heterocycles. The van der Waals surface area contributed by atoms with Crippen molar-refractivity contribution in [2.24, 2.45) is 0 Å². The molecule has 1 aliphatic rings. The fourth-order valence-corrected chi connectivity index (χ4v) is 1.23. The minimum atomic E-state index is -0.595. The number of aromatic nitrogens is 1. The molecule has 0 bridgehead atoms. The maximum absolute atomic E-state index is 11.6. The molecule has 5 heteroatoms. The van der Waals surface area contributed by atoms with Gasteiger partial charge in [-0.25, -0.2) is 5.06 Å². The molecule has 1 atom stereocenters. The first kappa shape index (κ1) is 9.11. The van der Waals surface area contributed by atoms with Crippen LogP contribution in [0.15, 0.2) is 24.4 Å². The number of pyridine rings is 1. The molecule has 0 saturated carbocycles. The summed E-state index contributed by atoms with van der Waals surface area (Å²) in [4.78, 5) is 20.5. The number of rotatable bonds is 1. The summed E-state index contributed by atoms with van der Waals surface area (Å²) in [7, 11) is 0. The molecule has 2 rings (SSSR count). The Morgan fingerprint density at radius 3 is 3.07 bits per heavy atom. The number of aliphatic hydroxyl groups excluding tert-OH is 1. The number of aliphatic hydroxyl groups is 1. The van der Waals surface area contributed by atoms with E-state index in [1.165, 1.54) is 0 Å². The van der Waals surface area contributed by atoms with Crippen molar-refractivity contribution >= 4 is 5.91 Å². The Bertz CT molecular complexity index is 328. The molecule has 1 aromatic heterocycles. The Hall–Kier alpha value is -1.46. The second-order valence-electron chi connectivity index (χ2n) is 3.03. The largest absolute Gasteiger partial charge is 0.389 e. The summed E-state index contributed by atoms with van der Waals surface area (Å²) in [6.07, 6.45) is 0.947. The maximum Gasteiger partial charge on any atom is 0.296 e. The van der Waals surface area contributed by atoms with E-state index < -0.39 is 6.10 Å². The fourth-order valence-electron chi connectivity index (χ4n) is 1.23. The van der Waals surface area contributed by atoms with E-state index in [0.717, 1.165) is 5.06 Å².